The lowest BCUT2D eigenvalue weighted by atomic mass is 9.92. The first-order valence-electron chi connectivity index (χ1n) is 9.69. The normalized spacial score (nSPS) is 15.3. The molecule has 0 saturated heterocycles. The molecule has 6 nitrogen and oxygen atoms in total. The van der Waals surface area contributed by atoms with Gasteiger partial charge in [0.05, 0.1) is 18.3 Å². The molecule has 7 heteroatoms. The van der Waals surface area contributed by atoms with Gasteiger partial charge in [-0.3, -0.25) is 4.79 Å². The van der Waals surface area contributed by atoms with E-state index in [1.54, 1.807) is 18.2 Å². The minimum atomic E-state index is -1.32. The highest BCUT2D eigenvalue weighted by Crippen LogP contribution is 2.37. The molecule has 0 fully saturated rings. The molecule has 1 N–H and O–H groups in total. The number of halogens is 1. The molecule has 2 aromatic heterocycles. The number of ketones is 1. The summed E-state index contributed by atoms with van der Waals surface area (Å²) >= 11 is 0. The van der Waals surface area contributed by atoms with Gasteiger partial charge in [0.15, 0.2) is 5.78 Å². The SMILES string of the molecule is C=CCn1c2ccc(F)cc2c2cc(C(=O)OC)nc(C(O)C3=CCCCC3=O)c21. The summed E-state index contributed by atoms with van der Waals surface area (Å²) in [5.41, 5.74) is 1.62. The molecule has 4 rings (SSSR count). The van der Waals surface area contributed by atoms with E-state index < -0.39 is 17.9 Å². The Morgan fingerprint density at radius 3 is 2.90 bits per heavy atom. The summed E-state index contributed by atoms with van der Waals surface area (Å²) < 4.78 is 20.7. The number of carbonyl (C=O) groups is 2. The second kappa shape index (κ2) is 7.84. The number of aliphatic hydroxyl groups is 1. The number of ether oxygens (including phenoxy) is 1. The summed E-state index contributed by atoms with van der Waals surface area (Å²) in [6.07, 6.45) is 3.84. The Morgan fingerprint density at radius 2 is 2.20 bits per heavy atom. The third-order valence-corrected chi connectivity index (χ3v) is 5.38. The molecule has 1 aromatic carbocycles. The number of carbonyl (C=O) groups excluding carboxylic acids is 2. The zero-order chi connectivity index (χ0) is 21.4. The van der Waals surface area contributed by atoms with E-state index >= 15 is 0 Å². The number of nitrogens with zero attached hydrogens (tertiary/aromatic N) is 2. The second-order valence-electron chi connectivity index (χ2n) is 7.22. The Labute approximate surface area is 172 Å². The maximum absolute atomic E-state index is 14.0. The molecule has 1 aliphatic carbocycles. The van der Waals surface area contributed by atoms with Crippen molar-refractivity contribution in [2.24, 2.45) is 0 Å². The summed E-state index contributed by atoms with van der Waals surface area (Å²) in [5, 5.41) is 12.3. The van der Waals surface area contributed by atoms with Gasteiger partial charge in [0.25, 0.3) is 0 Å². The number of hydrogen-bond donors (Lipinski definition) is 1. The molecule has 0 amide bonds. The minimum absolute atomic E-state index is 0.0233. The first-order valence-corrected chi connectivity index (χ1v) is 9.69. The first-order chi connectivity index (χ1) is 14.5. The number of Topliss-reactive ketones (excluding diaryl/α,β-unsaturated/α-hetero) is 1. The fourth-order valence-electron chi connectivity index (χ4n) is 4.04. The monoisotopic (exact) mass is 408 g/mol. The lowest BCUT2D eigenvalue weighted by molar-refractivity contribution is -0.117. The number of pyridine rings is 1. The number of fused-ring (bicyclic) bond motifs is 3. The molecule has 1 unspecified atom stereocenters. The van der Waals surface area contributed by atoms with E-state index in [1.165, 1.54) is 25.3 Å². The smallest absolute Gasteiger partial charge is 0.356 e. The molecule has 3 aromatic rings. The molecule has 0 spiro atoms. The van der Waals surface area contributed by atoms with Crippen molar-refractivity contribution < 1.29 is 23.8 Å². The molecule has 30 heavy (non-hydrogen) atoms. The lowest BCUT2D eigenvalue weighted by Gasteiger charge is -2.19. The van der Waals surface area contributed by atoms with E-state index in [2.05, 4.69) is 11.6 Å². The van der Waals surface area contributed by atoms with Crippen LogP contribution in [-0.2, 0) is 16.1 Å². The van der Waals surface area contributed by atoms with Crippen molar-refractivity contribution in [1.82, 2.24) is 9.55 Å². The van der Waals surface area contributed by atoms with Gasteiger partial charge in [0.1, 0.15) is 17.6 Å². The van der Waals surface area contributed by atoms with Gasteiger partial charge >= 0.3 is 5.97 Å². The molecule has 0 aliphatic heterocycles. The van der Waals surface area contributed by atoms with Gasteiger partial charge in [0, 0.05) is 34.8 Å². The summed E-state index contributed by atoms with van der Waals surface area (Å²) in [7, 11) is 1.23. The van der Waals surface area contributed by atoms with Gasteiger partial charge < -0.3 is 14.4 Å². The molecule has 1 atom stereocenters. The summed E-state index contributed by atoms with van der Waals surface area (Å²) in [4.78, 5) is 29.1. The van der Waals surface area contributed by atoms with Crippen LogP contribution in [0.15, 0.2) is 48.6 Å². The third kappa shape index (κ3) is 3.21. The van der Waals surface area contributed by atoms with E-state index in [-0.39, 0.29) is 22.7 Å². The summed E-state index contributed by atoms with van der Waals surface area (Å²) in [6, 6.07) is 5.88. The van der Waals surface area contributed by atoms with Crippen LogP contribution < -0.4 is 0 Å². The molecular formula is C23H21FN2O4. The number of hydrogen-bond acceptors (Lipinski definition) is 5. The molecule has 1 aliphatic rings. The second-order valence-corrected chi connectivity index (χ2v) is 7.22. The molecule has 2 heterocycles. The van der Waals surface area contributed by atoms with Gasteiger partial charge in [-0.2, -0.15) is 0 Å². The zero-order valence-corrected chi connectivity index (χ0v) is 16.5. The fourth-order valence-corrected chi connectivity index (χ4v) is 4.04. The van der Waals surface area contributed by atoms with Crippen molar-refractivity contribution >= 4 is 33.6 Å². The van der Waals surface area contributed by atoms with Crippen LogP contribution in [0.2, 0.25) is 0 Å². The molecule has 0 bridgehead atoms. The van der Waals surface area contributed by atoms with Crippen LogP contribution in [0.3, 0.4) is 0 Å². The van der Waals surface area contributed by atoms with Crippen LogP contribution in [0.5, 0.6) is 0 Å². The number of esters is 1. The average Bonchev–Trinajstić information content (AvgIpc) is 3.05. The van der Waals surface area contributed by atoms with Gasteiger partial charge in [-0.25, -0.2) is 14.2 Å². The number of aliphatic hydroxyl groups excluding tert-OH is 1. The summed E-state index contributed by atoms with van der Waals surface area (Å²) in [6.45, 7) is 4.16. The number of aromatic nitrogens is 2. The molecule has 0 saturated carbocycles. The van der Waals surface area contributed by atoms with E-state index in [4.69, 9.17) is 4.74 Å². The van der Waals surface area contributed by atoms with Gasteiger partial charge in [-0.1, -0.05) is 12.2 Å². The van der Waals surface area contributed by atoms with E-state index in [0.29, 0.717) is 41.2 Å². The number of methoxy groups -OCH3 is 1. The lowest BCUT2D eigenvalue weighted by Crippen LogP contribution is -2.18. The van der Waals surface area contributed by atoms with E-state index in [0.717, 1.165) is 6.42 Å². The van der Waals surface area contributed by atoms with Crippen molar-refractivity contribution in [3.8, 4) is 0 Å². The highest BCUT2D eigenvalue weighted by Gasteiger charge is 2.29. The maximum Gasteiger partial charge on any atom is 0.356 e. The minimum Gasteiger partial charge on any atom is -0.464 e. The molecule has 0 radical (unpaired) electrons. The largest absolute Gasteiger partial charge is 0.464 e. The molecular weight excluding hydrogens is 387 g/mol. The first kappa shape index (κ1) is 20.0. The Kier molecular flexibility index (Phi) is 5.22. The quantitative estimate of drug-likeness (QED) is 0.510. The Balaban J connectivity index is 2.10. The van der Waals surface area contributed by atoms with E-state index in [1.807, 2.05) is 4.57 Å². The highest BCUT2D eigenvalue weighted by molar-refractivity contribution is 6.11. The van der Waals surface area contributed by atoms with Gasteiger partial charge in [-0.15, -0.1) is 6.58 Å². The standard InChI is InChI=1S/C23H21FN2O4/c1-3-10-26-18-9-8-13(24)11-15(18)16-12-17(23(29)30-2)25-20(21(16)26)22(28)14-6-4-5-7-19(14)27/h3,6,8-9,11-12,22,28H,1,4-5,7,10H2,2H3. The van der Waals surface area contributed by atoms with Crippen LogP contribution in [0.25, 0.3) is 21.8 Å². The van der Waals surface area contributed by atoms with Crippen LogP contribution >= 0.6 is 0 Å². The summed E-state index contributed by atoms with van der Waals surface area (Å²) in [5.74, 6) is -1.26. The number of allylic oxidation sites excluding steroid dienone is 2. The maximum atomic E-state index is 14.0. The predicted molar refractivity (Wildman–Crippen MR) is 111 cm³/mol. The topological polar surface area (TPSA) is 81.4 Å². The Morgan fingerprint density at radius 1 is 1.40 bits per heavy atom. The number of rotatable bonds is 5. The van der Waals surface area contributed by atoms with Crippen LogP contribution in [-0.4, -0.2) is 33.5 Å². The van der Waals surface area contributed by atoms with Crippen molar-refractivity contribution in [2.45, 2.75) is 31.9 Å². The average molecular weight is 408 g/mol. The molecule has 154 valence electrons. The Hall–Kier alpha value is -3.32. The van der Waals surface area contributed by atoms with Crippen molar-refractivity contribution in [3.63, 3.8) is 0 Å². The van der Waals surface area contributed by atoms with E-state index in [9.17, 15) is 19.1 Å². The number of benzene rings is 1. The van der Waals surface area contributed by atoms with Gasteiger partial charge in [-0.05, 0) is 37.1 Å². The van der Waals surface area contributed by atoms with Crippen LogP contribution in [0.1, 0.15) is 41.5 Å². The van der Waals surface area contributed by atoms with Crippen LogP contribution in [0.4, 0.5) is 4.39 Å². The highest BCUT2D eigenvalue weighted by atomic mass is 19.1. The predicted octanol–water partition coefficient (Wildman–Crippen LogP) is 4.01. The van der Waals surface area contributed by atoms with Crippen molar-refractivity contribution in [2.75, 3.05) is 7.11 Å². The fraction of sp³-hybridized carbons (Fsp3) is 0.261. The van der Waals surface area contributed by atoms with Crippen LogP contribution in [0, 0.1) is 5.82 Å². The van der Waals surface area contributed by atoms with Crippen molar-refractivity contribution in [3.05, 3.63) is 65.8 Å². The zero-order valence-electron chi connectivity index (χ0n) is 16.5. The van der Waals surface area contributed by atoms with Gasteiger partial charge in [0.2, 0.25) is 0 Å². The Bertz CT molecular complexity index is 1230. The van der Waals surface area contributed by atoms with Crippen molar-refractivity contribution in [1.29, 1.82) is 0 Å². The third-order valence-electron chi connectivity index (χ3n) is 5.38.